The summed E-state index contributed by atoms with van der Waals surface area (Å²) in [5.74, 6) is 1.44. The van der Waals surface area contributed by atoms with E-state index in [2.05, 4.69) is 34.6 Å². The molecule has 0 atom stereocenters. The first-order valence-electron chi connectivity index (χ1n) is 5.41. The molecule has 0 spiro atoms. The summed E-state index contributed by atoms with van der Waals surface area (Å²) in [6.07, 6.45) is 1.69. The van der Waals surface area contributed by atoms with Gasteiger partial charge >= 0.3 is 0 Å². The second kappa shape index (κ2) is 3.16. The topological polar surface area (TPSA) is 26.3 Å². The van der Waals surface area contributed by atoms with Gasteiger partial charge in [-0.1, -0.05) is 34.6 Å². The lowest BCUT2D eigenvalue weighted by Crippen LogP contribution is -2.13. The predicted octanol–water partition coefficient (Wildman–Crippen LogP) is 4.45. The fourth-order valence-corrected chi connectivity index (χ4v) is 1.96. The van der Waals surface area contributed by atoms with Crippen molar-refractivity contribution >= 4 is 11.2 Å². The van der Waals surface area contributed by atoms with Gasteiger partial charge in [0, 0.05) is 17.5 Å². The van der Waals surface area contributed by atoms with E-state index < -0.39 is 0 Å². The zero-order chi connectivity index (χ0) is 11.2. The van der Waals surface area contributed by atoms with E-state index in [0.717, 1.165) is 16.9 Å². The van der Waals surface area contributed by atoms with Crippen LogP contribution in [-0.4, -0.2) is 0 Å². The van der Waals surface area contributed by atoms with Gasteiger partial charge in [0.2, 0.25) is 0 Å². The molecule has 0 N–H and O–H groups in total. The number of fused-ring (bicyclic) bond motifs is 1. The van der Waals surface area contributed by atoms with Crippen LogP contribution >= 0.6 is 0 Å². The Hall–Kier alpha value is -1.18. The third-order valence-corrected chi connectivity index (χ3v) is 2.60. The summed E-state index contributed by atoms with van der Waals surface area (Å²) >= 11 is 0. The first kappa shape index (κ1) is 10.3. The van der Waals surface area contributed by atoms with Crippen LogP contribution in [0.15, 0.2) is 21.2 Å². The summed E-state index contributed by atoms with van der Waals surface area (Å²) in [5.41, 5.74) is 3.04. The summed E-state index contributed by atoms with van der Waals surface area (Å²) in [5, 5.41) is 0. The molecule has 2 nitrogen and oxygen atoms in total. The highest BCUT2D eigenvalue weighted by atomic mass is 16.4. The van der Waals surface area contributed by atoms with Gasteiger partial charge in [0.25, 0.3) is 0 Å². The highest BCUT2D eigenvalue weighted by molar-refractivity contribution is 5.77. The first-order chi connectivity index (χ1) is 6.91. The molecule has 0 amide bonds. The average molecular weight is 206 g/mol. The lowest BCUT2D eigenvalue weighted by atomic mass is 9.84. The van der Waals surface area contributed by atoms with Crippen LogP contribution in [-0.2, 0) is 5.41 Å². The Morgan fingerprint density at radius 3 is 2.40 bits per heavy atom. The molecule has 0 bridgehead atoms. The Kier molecular flexibility index (Phi) is 2.18. The van der Waals surface area contributed by atoms with E-state index in [-0.39, 0.29) is 5.41 Å². The second-order valence-corrected chi connectivity index (χ2v) is 5.36. The molecule has 0 aromatic carbocycles. The fraction of sp³-hybridized carbons (Fsp3) is 0.538. The van der Waals surface area contributed by atoms with E-state index in [1.807, 2.05) is 6.07 Å². The normalized spacial score (nSPS) is 12.9. The van der Waals surface area contributed by atoms with E-state index in [4.69, 9.17) is 8.83 Å². The van der Waals surface area contributed by atoms with E-state index in [9.17, 15) is 0 Å². The van der Waals surface area contributed by atoms with Crippen molar-refractivity contribution in [3.63, 3.8) is 0 Å². The van der Waals surface area contributed by atoms with Crippen LogP contribution in [0.1, 0.15) is 51.9 Å². The maximum Gasteiger partial charge on any atom is 0.176 e. The molecule has 0 fully saturated rings. The molecular weight excluding hydrogens is 188 g/mol. The van der Waals surface area contributed by atoms with Gasteiger partial charge in [-0.05, 0) is 5.41 Å². The molecule has 0 saturated carbocycles. The van der Waals surface area contributed by atoms with Crippen LogP contribution in [0.25, 0.3) is 11.2 Å². The van der Waals surface area contributed by atoms with Crippen LogP contribution in [0.4, 0.5) is 0 Å². The third kappa shape index (κ3) is 1.58. The zero-order valence-corrected chi connectivity index (χ0v) is 10.0. The van der Waals surface area contributed by atoms with Crippen LogP contribution in [0.3, 0.4) is 0 Å². The molecule has 0 aliphatic heterocycles. The molecule has 0 unspecified atom stereocenters. The molecule has 2 rings (SSSR count). The van der Waals surface area contributed by atoms with Crippen LogP contribution < -0.4 is 0 Å². The van der Waals surface area contributed by atoms with Gasteiger partial charge in [0.15, 0.2) is 11.2 Å². The molecule has 0 radical (unpaired) electrons. The van der Waals surface area contributed by atoms with E-state index in [1.165, 1.54) is 5.56 Å². The molecule has 0 aliphatic rings. The molecule has 0 saturated heterocycles. The summed E-state index contributed by atoms with van der Waals surface area (Å²) in [4.78, 5) is 0. The fourth-order valence-electron chi connectivity index (χ4n) is 1.96. The highest BCUT2D eigenvalue weighted by Gasteiger charge is 2.28. The van der Waals surface area contributed by atoms with Crippen molar-refractivity contribution in [2.24, 2.45) is 0 Å². The van der Waals surface area contributed by atoms with Gasteiger partial charge in [-0.15, -0.1) is 0 Å². The van der Waals surface area contributed by atoms with Gasteiger partial charge in [0.1, 0.15) is 5.76 Å². The lowest BCUT2D eigenvalue weighted by Gasteiger charge is -2.19. The number of furan rings is 2. The molecule has 15 heavy (non-hydrogen) atoms. The van der Waals surface area contributed by atoms with Crippen molar-refractivity contribution in [2.75, 3.05) is 0 Å². The molecule has 82 valence electrons. The smallest absolute Gasteiger partial charge is 0.176 e. The summed E-state index contributed by atoms with van der Waals surface area (Å²) in [6.45, 7) is 10.9. The predicted molar refractivity (Wildman–Crippen MR) is 61.3 cm³/mol. The summed E-state index contributed by atoms with van der Waals surface area (Å²) in [6, 6.07) is 1.89. The largest absolute Gasteiger partial charge is 0.460 e. The van der Waals surface area contributed by atoms with Crippen molar-refractivity contribution in [1.29, 1.82) is 0 Å². The van der Waals surface area contributed by atoms with Gasteiger partial charge in [-0.25, -0.2) is 0 Å². The number of hydrogen-bond acceptors (Lipinski definition) is 2. The van der Waals surface area contributed by atoms with Gasteiger partial charge in [-0.2, -0.15) is 0 Å². The molecule has 2 heterocycles. The maximum atomic E-state index is 5.83. The minimum atomic E-state index is 0.0582. The van der Waals surface area contributed by atoms with E-state index in [1.54, 1.807) is 6.26 Å². The lowest BCUT2D eigenvalue weighted by molar-refractivity contribution is 0.483. The molecule has 2 aromatic heterocycles. The van der Waals surface area contributed by atoms with E-state index >= 15 is 0 Å². The Balaban J connectivity index is 2.75. The third-order valence-electron chi connectivity index (χ3n) is 2.60. The second-order valence-electron chi connectivity index (χ2n) is 5.36. The highest BCUT2D eigenvalue weighted by Crippen LogP contribution is 2.39. The van der Waals surface area contributed by atoms with Crippen molar-refractivity contribution in [3.05, 3.63) is 23.7 Å². The Bertz CT molecular complexity index is 466. The Labute approximate surface area is 90.3 Å². The van der Waals surface area contributed by atoms with Crippen LogP contribution in [0, 0.1) is 0 Å². The first-order valence-corrected chi connectivity index (χ1v) is 5.41. The van der Waals surface area contributed by atoms with Gasteiger partial charge in [0.05, 0.1) is 6.26 Å². The Morgan fingerprint density at radius 2 is 1.87 bits per heavy atom. The zero-order valence-electron chi connectivity index (χ0n) is 10.0. The number of hydrogen-bond donors (Lipinski definition) is 0. The average Bonchev–Trinajstić information content (AvgIpc) is 2.56. The minimum absolute atomic E-state index is 0.0582. The SMILES string of the molecule is CC(C)c1oc2ccoc2c1C(C)(C)C. The van der Waals surface area contributed by atoms with Gasteiger partial charge < -0.3 is 8.83 Å². The van der Waals surface area contributed by atoms with Crippen LogP contribution in [0.2, 0.25) is 0 Å². The molecule has 0 aliphatic carbocycles. The molecule has 2 aromatic rings. The molecular formula is C13H18O2. The monoisotopic (exact) mass is 206 g/mol. The van der Waals surface area contributed by atoms with Crippen molar-refractivity contribution in [3.8, 4) is 0 Å². The standard InChI is InChI=1S/C13H18O2/c1-8(2)11-10(13(3,4)5)12-9(15-11)6-7-14-12/h6-8H,1-5H3. The van der Waals surface area contributed by atoms with E-state index in [0.29, 0.717) is 5.92 Å². The quantitative estimate of drug-likeness (QED) is 0.689. The summed E-state index contributed by atoms with van der Waals surface area (Å²) in [7, 11) is 0. The van der Waals surface area contributed by atoms with Crippen molar-refractivity contribution in [2.45, 2.75) is 46.0 Å². The summed E-state index contributed by atoms with van der Waals surface area (Å²) < 4.78 is 11.3. The van der Waals surface area contributed by atoms with Crippen molar-refractivity contribution in [1.82, 2.24) is 0 Å². The van der Waals surface area contributed by atoms with Crippen LogP contribution in [0.5, 0.6) is 0 Å². The Morgan fingerprint density at radius 1 is 1.20 bits per heavy atom. The molecule has 2 heteroatoms. The minimum Gasteiger partial charge on any atom is -0.460 e. The van der Waals surface area contributed by atoms with Gasteiger partial charge in [-0.3, -0.25) is 0 Å². The maximum absolute atomic E-state index is 5.83. The van der Waals surface area contributed by atoms with Crippen molar-refractivity contribution < 1.29 is 8.83 Å². The number of rotatable bonds is 1.